The van der Waals surface area contributed by atoms with E-state index in [9.17, 15) is 9.90 Å². The second-order valence-electron chi connectivity index (χ2n) is 10.9. The normalized spacial score (nSPS) is 22.2. The Bertz CT molecular complexity index is 1380. The molecule has 4 atom stereocenters. The third-order valence-electron chi connectivity index (χ3n) is 7.37. The quantitative estimate of drug-likeness (QED) is 0.187. The lowest BCUT2D eigenvalue weighted by Gasteiger charge is -2.37. The van der Waals surface area contributed by atoms with Crippen LogP contribution in [0.4, 0.5) is 29.2 Å². The zero-order chi connectivity index (χ0) is 30.7. The van der Waals surface area contributed by atoms with Gasteiger partial charge < -0.3 is 57.9 Å². The molecule has 0 unspecified atom stereocenters. The second-order valence-corrected chi connectivity index (χ2v) is 10.9. The second kappa shape index (κ2) is 12.8. The van der Waals surface area contributed by atoms with Crippen LogP contribution in [0.15, 0.2) is 36.4 Å². The van der Waals surface area contributed by atoms with Crippen molar-refractivity contribution in [3.63, 3.8) is 0 Å². The van der Waals surface area contributed by atoms with Crippen LogP contribution in [0.2, 0.25) is 0 Å². The number of methoxy groups -OCH3 is 2. The minimum absolute atomic E-state index is 0.0411. The van der Waals surface area contributed by atoms with Crippen molar-refractivity contribution in [1.82, 2.24) is 15.0 Å². The number of benzene rings is 2. The number of hydrogen-bond acceptors (Lipinski definition) is 14. The van der Waals surface area contributed by atoms with Gasteiger partial charge in [-0.25, -0.2) is 0 Å². The van der Waals surface area contributed by atoms with Gasteiger partial charge in [0.2, 0.25) is 23.6 Å². The van der Waals surface area contributed by atoms with Gasteiger partial charge in [-0.1, -0.05) is 0 Å². The van der Waals surface area contributed by atoms with E-state index >= 15 is 0 Å². The van der Waals surface area contributed by atoms with E-state index in [4.69, 9.17) is 37.4 Å². The van der Waals surface area contributed by atoms with E-state index in [-0.39, 0.29) is 41.2 Å². The summed E-state index contributed by atoms with van der Waals surface area (Å²) in [4.78, 5) is 30.9. The molecule has 1 amide bonds. The molecule has 2 aliphatic rings. The van der Waals surface area contributed by atoms with Crippen molar-refractivity contribution >= 4 is 35.1 Å². The average molecular weight is 594 g/mol. The third kappa shape index (κ3) is 6.97. The zero-order valence-electron chi connectivity index (χ0n) is 24.2. The number of ether oxygens (including phenoxy) is 2. The van der Waals surface area contributed by atoms with Crippen LogP contribution in [0.5, 0.6) is 17.2 Å². The van der Waals surface area contributed by atoms with Gasteiger partial charge >= 0.3 is 0 Å². The molecule has 0 aliphatic carbocycles. The minimum atomic E-state index is -0.512. The van der Waals surface area contributed by atoms with E-state index in [1.54, 1.807) is 30.3 Å². The van der Waals surface area contributed by atoms with Gasteiger partial charge in [-0.2, -0.15) is 15.0 Å². The molecular weight excluding hydrogens is 554 g/mol. The SMILES string of the molecule is COc1ccc(C(=O)Nc2ccc(Nc3nc(N4C[C@H](N)C[C@H](N)C4)nc(N4C[C@H](N)C[C@H](N)C4)n3)cc2)c(O)c1OC. The number of phenolic OH excluding ortho intramolecular Hbond substituents is 1. The number of nitrogens with one attached hydrogen (secondary N) is 2. The highest BCUT2D eigenvalue weighted by atomic mass is 16.5. The predicted octanol–water partition coefficient (Wildman–Crippen LogP) is 0.320. The summed E-state index contributed by atoms with van der Waals surface area (Å²) < 4.78 is 10.4. The van der Waals surface area contributed by atoms with E-state index in [1.807, 2.05) is 9.80 Å². The number of aromatic hydroxyl groups is 1. The Kier molecular flexibility index (Phi) is 8.96. The summed E-state index contributed by atoms with van der Waals surface area (Å²) in [5.74, 6) is 0.815. The van der Waals surface area contributed by atoms with Gasteiger partial charge in [-0.3, -0.25) is 4.79 Å². The molecule has 1 aromatic heterocycles. The van der Waals surface area contributed by atoms with Gasteiger partial charge in [0.15, 0.2) is 11.5 Å². The largest absolute Gasteiger partial charge is 0.504 e. The fourth-order valence-electron chi connectivity index (χ4n) is 5.43. The topological polar surface area (TPSA) is 229 Å². The van der Waals surface area contributed by atoms with Crippen LogP contribution >= 0.6 is 0 Å². The van der Waals surface area contributed by atoms with Crippen molar-refractivity contribution in [3.8, 4) is 17.2 Å². The molecule has 3 aromatic rings. The van der Waals surface area contributed by atoms with E-state index < -0.39 is 5.91 Å². The van der Waals surface area contributed by atoms with Gasteiger partial charge in [0.1, 0.15) is 0 Å². The van der Waals surface area contributed by atoms with Crippen LogP contribution in [0.3, 0.4) is 0 Å². The van der Waals surface area contributed by atoms with Crippen molar-refractivity contribution in [1.29, 1.82) is 0 Å². The Balaban J connectivity index is 1.35. The third-order valence-corrected chi connectivity index (χ3v) is 7.37. The molecule has 2 saturated heterocycles. The summed E-state index contributed by atoms with van der Waals surface area (Å²) in [6.07, 6.45) is 1.45. The van der Waals surface area contributed by atoms with Crippen molar-refractivity contribution in [2.75, 3.05) is 60.8 Å². The lowest BCUT2D eigenvalue weighted by atomic mass is 10.0. The maximum Gasteiger partial charge on any atom is 0.259 e. The van der Waals surface area contributed by atoms with E-state index in [1.165, 1.54) is 20.3 Å². The highest BCUT2D eigenvalue weighted by molar-refractivity contribution is 6.07. The minimum Gasteiger partial charge on any atom is -0.504 e. The Hall–Kier alpha value is -4.44. The molecule has 5 rings (SSSR count). The molecule has 2 aliphatic heterocycles. The molecule has 11 N–H and O–H groups in total. The number of anilines is 5. The molecule has 2 aromatic carbocycles. The van der Waals surface area contributed by atoms with Crippen LogP contribution < -0.4 is 52.8 Å². The molecular formula is C28H39N11O4. The molecule has 0 bridgehead atoms. The Labute approximate surface area is 249 Å². The van der Waals surface area contributed by atoms with Crippen LogP contribution in [0, 0.1) is 0 Å². The predicted molar refractivity (Wildman–Crippen MR) is 164 cm³/mol. The first-order chi connectivity index (χ1) is 20.6. The summed E-state index contributed by atoms with van der Waals surface area (Å²) in [6.45, 7) is 2.28. The van der Waals surface area contributed by atoms with Crippen molar-refractivity contribution in [3.05, 3.63) is 42.0 Å². The molecule has 3 heterocycles. The van der Waals surface area contributed by atoms with Gasteiger partial charge in [0.05, 0.1) is 19.8 Å². The molecule has 0 radical (unpaired) electrons. The fraction of sp³-hybridized carbons (Fsp3) is 0.429. The first-order valence-corrected chi connectivity index (χ1v) is 14.0. The number of aromatic nitrogens is 3. The summed E-state index contributed by atoms with van der Waals surface area (Å²) in [5.41, 5.74) is 26.2. The number of carbonyl (C=O) groups is 1. The van der Waals surface area contributed by atoms with Gasteiger partial charge in [-0.15, -0.1) is 0 Å². The Morgan fingerprint density at radius 2 is 1.30 bits per heavy atom. The number of carbonyl (C=O) groups excluding carboxylic acids is 1. The van der Waals surface area contributed by atoms with E-state index in [0.717, 1.165) is 12.8 Å². The number of amides is 1. The molecule has 43 heavy (non-hydrogen) atoms. The summed E-state index contributed by atoms with van der Waals surface area (Å²) in [6, 6.07) is 9.59. The van der Waals surface area contributed by atoms with Crippen LogP contribution in [0.1, 0.15) is 23.2 Å². The molecule has 0 saturated carbocycles. The number of nitrogens with two attached hydrogens (primary N) is 4. The number of piperidine rings is 2. The van der Waals surface area contributed by atoms with Gasteiger partial charge in [0.25, 0.3) is 5.91 Å². The summed E-state index contributed by atoms with van der Waals surface area (Å²) >= 11 is 0. The smallest absolute Gasteiger partial charge is 0.259 e. The molecule has 230 valence electrons. The number of nitrogens with zero attached hydrogens (tertiary/aromatic N) is 5. The van der Waals surface area contributed by atoms with E-state index in [2.05, 4.69) is 20.6 Å². The number of phenols is 1. The summed E-state index contributed by atoms with van der Waals surface area (Å²) in [7, 11) is 2.83. The fourth-order valence-corrected chi connectivity index (χ4v) is 5.43. The van der Waals surface area contributed by atoms with Gasteiger partial charge in [-0.05, 0) is 49.2 Å². The van der Waals surface area contributed by atoms with E-state index in [0.29, 0.717) is 61.1 Å². The number of rotatable bonds is 8. The van der Waals surface area contributed by atoms with Crippen molar-refractivity contribution < 1.29 is 19.4 Å². The Morgan fingerprint density at radius 1 is 0.791 bits per heavy atom. The Morgan fingerprint density at radius 3 is 1.79 bits per heavy atom. The zero-order valence-corrected chi connectivity index (χ0v) is 24.2. The van der Waals surface area contributed by atoms with Crippen LogP contribution in [-0.2, 0) is 0 Å². The number of hydrogen-bond donors (Lipinski definition) is 7. The molecule has 15 nitrogen and oxygen atoms in total. The maximum atomic E-state index is 12.9. The molecule has 2 fully saturated rings. The maximum absolute atomic E-state index is 12.9. The average Bonchev–Trinajstić information content (AvgIpc) is 2.96. The van der Waals surface area contributed by atoms with Gasteiger partial charge in [0, 0.05) is 61.7 Å². The monoisotopic (exact) mass is 593 g/mol. The summed E-state index contributed by atoms with van der Waals surface area (Å²) in [5, 5.41) is 16.5. The van der Waals surface area contributed by atoms with Crippen molar-refractivity contribution in [2.24, 2.45) is 22.9 Å². The lowest BCUT2D eigenvalue weighted by Crippen LogP contribution is -2.54. The van der Waals surface area contributed by atoms with Crippen LogP contribution in [0.25, 0.3) is 0 Å². The molecule has 15 heteroatoms. The highest BCUT2D eigenvalue weighted by Gasteiger charge is 2.29. The first kappa shape index (κ1) is 30.0. The molecule has 0 spiro atoms. The van der Waals surface area contributed by atoms with Crippen LogP contribution in [-0.4, -0.2) is 90.5 Å². The standard InChI is InChI=1S/C28H39N11O4/c1-42-22-8-7-21(23(40)24(22)43-2)25(41)33-19-3-5-20(6-4-19)34-26-35-27(38-11-15(29)9-16(30)12-38)37-28(36-26)39-13-17(31)10-18(32)14-39/h3-8,15-18,40H,9-14,29-32H2,1-2H3,(H,33,41)(H,34,35,36,37)/t15-,16+,17-,18+. The highest BCUT2D eigenvalue weighted by Crippen LogP contribution is 2.39. The van der Waals surface area contributed by atoms with Crippen molar-refractivity contribution in [2.45, 2.75) is 37.0 Å². The lowest BCUT2D eigenvalue weighted by molar-refractivity contribution is 0.102. The first-order valence-electron chi connectivity index (χ1n) is 14.0.